The molecule has 2 unspecified atom stereocenters. The van der Waals surface area contributed by atoms with Crippen LogP contribution in [0, 0.1) is 0 Å². The fourth-order valence-electron chi connectivity index (χ4n) is 2.78. The molecule has 20 heavy (non-hydrogen) atoms. The van der Waals surface area contributed by atoms with Crippen molar-refractivity contribution in [1.29, 1.82) is 0 Å². The van der Waals surface area contributed by atoms with Gasteiger partial charge in [0.15, 0.2) is 12.1 Å². The number of rotatable bonds is 7. The molecule has 0 aromatic heterocycles. The highest BCUT2D eigenvalue weighted by atomic mass is 32.2. The molecular weight excluding hydrogens is 272 g/mol. The van der Waals surface area contributed by atoms with Gasteiger partial charge in [0.1, 0.15) is 0 Å². The van der Waals surface area contributed by atoms with Gasteiger partial charge in [0, 0.05) is 30.3 Å². The summed E-state index contributed by atoms with van der Waals surface area (Å²) in [5.41, 5.74) is 1.07. The Balaban J connectivity index is 1.71. The second-order valence-electron chi connectivity index (χ2n) is 5.37. The van der Waals surface area contributed by atoms with Gasteiger partial charge >= 0.3 is 0 Å². The first-order chi connectivity index (χ1) is 9.81. The Hall–Kier alpha value is -0.320. The van der Waals surface area contributed by atoms with E-state index >= 15 is 0 Å². The Labute approximate surface area is 126 Å². The maximum Gasteiger partial charge on any atom is 0.159 e. The number of Topliss-reactive ketones (excluding diaryl/α,β-unsaturated/α-hetero) is 1. The lowest BCUT2D eigenvalue weighted by Gasteiger charge is -2.23. The monoisotopic (exact) mass is 298 g/mol. The summed E-state index contributed by atoms with van der Waals surface area (Å²) in [4.78, 5) is 12.0. The Morgan fingerprint density at radius 3 is 3.05 bits per heavy atom. The summed E-state index contributed by atoms with van der Waals surface area (Å²) in [6.45, 7) is 3.73. The van der Waals surface area contributed by atoms with Gasteiger partial charge in [0.05, 0.1) is 6.61 Å². The number of ether oxygens (including phenoxy) is 2. The summed E-state index contributed by atoms with van der Waals surface area (Å²) in [5, 5.41) is 0.431. The van der Waals surface area contributed by atoms with Crippen LogP contribution in [0.2, 0.25) is 0 Å². The molecule has 1 aliphatic heterocycles. The predicted molar refractivity (Wildman–Crippen MR) is 83.0 cm³/mol. The molecule has 0 spiro atoms. The molecule has 1 aliphatic carbocycles. The molecule has 0 radical (unpaired) electrons. The van der Waals surface area contributed by atoms with Crippen LogP contribution < -0.4 is 0 Å². The molecule has 2 atom stereocenters. The molecule has 0 amide bonds. The van der Waals surface area contributed by atoms with Crippen LogP contribution in [-0.4, -0.2) is 36.3 Å². The van der Waals surface area contributed by atoms with Crippen molar-refractivity contribution < 1.29 is 14.3 Å². The van der Waals surface area contributed by atoms with Gasteiger partial charge in [-0.2, -0.15) is 11.8 Å². The fourth-order valence-corrected chi connectivity index (χ4v) is 3.93. The lowest BCUT2D eigenvalue weighted by atomic mass is 9.92. The molecule has 1 saturated heterocycles. The second kappa shape index (κ2) is 8.85. The van der Waals surface area contributed by atoms with E-state index in [0.717, 1.165) is 69.5 Å². The van der Waals surface area contributed by atoms with Gasteiger partial charge in [-0.1, -0.05) is 13.0 Å². The van der Waals surface area contributed by atoms with E-state index in [1.807, 2.05) is 11.8 Å². The van der Waals surface area contributed by atoms with Crippen LogP contribution in [0.15, 0.2) is 11.6 Å². The number of hydrogen-bond donors (Lipinski definition) is 0. The number of allylic oxidation sites excluding steroid dienone is 1. The number of hydrogen-bond acceptors (Lipinski definition) is 4. The molecule has 0 bridgehead atoms. The molecule has 3 nitrogen and oxygen atoms in total. The number of ketones is 1. The maximum absolute atomic E-state index is 12.0. The van der Waals surface area contributed by atoms with E-state index < -0.39 is 0 Å². The second-order valence-corrected chi connectivity index (χ2v) is 6.85. The Bertz CT molecular complexity index is 333. The largest absolute Gasteiger partial charge is 0.353 e. The summed E-state index contributed by atoms with van der Waals surface area (Å²) in [6.07, 6.45) is 9.16. The minimum Gasteiger partial charge on any atom is -0.353 e. The quantitative estimate of drug-likeness (QED) is 0.530. The zero-order valence-electron chi connectivity index (χ0n) is 12.4. The molecule has 2 rings (SSSR count). The van der Waals surface area contributed by atoms with E-state index in [1.165, 1.54) is 0 Å². The first-order valence-corrected chi connectivity index (χ1v) is 8.94. The van der Waals surface area contributed by atoms with Gasteiger partial charge < -0.3 is 9.47 Å². The van der Waals surface area contributed by atoms with Crippen LogP contribution in [0.1, 0.15) is 51.9 Å². The molecule has 114 valence electrons. The third-order valence-electron chi connectivity index (χ3n) is 3.81. The SMILES string of the molecule is CCSC1CCCC(=O)/C1=C\CCCOC1CCCO1. The van der Waals surface area contributed by atoms with Crippen molar-refractivity contribution in [3.8, 4) is 0 Å². The summed E-state index contributed by atoms with van der Waals surface area (Å²) in [6, 6.07) is 0. The highest BCUT2D eigenvalue weighted by Gasteiger charge is 2.24. The number of thioether (sulfide) groups is 1. The molecule has 0 N–H and O–H groups in total. The minimum absolute atomic E-state index is 0.0161. The predicted octanol–water partition coefficient (Wildman–Crippen LogP) is 3.72. The first kappa shape index (κ1) is 16.1. The van der Waals surface area contributed by atoms with Gasteiger partial charge in [-0.15, -0.1) is 0 Å². The van der Waals surface area contributed by atoms with Crippen molar-refractivity contribution in [2.75, 3.05) is 19.0 Å². The van der Waals surface area contributed by atoms with E-state index in [0.29, 0.717) is 11.0 Å². The van der Waals surface area contributed by atoms with Gasteiger partial charge in [-0.05, 0) is 37.9 Å². The van der Waals surface area contributed by atoms with E-state index in [9.17, 15) is 4.79 Å². The Morgan fingerprint density at radius 1 is 1.40 bits per heavy atom. The van der Waals surface area contributed by atoms with Crippen molar-refractivity contribution in [1.82, 2.24) is 0 Å². The van der Waals surface area contributed by atoms with Crippen molar-refractivity contribution in [2.45, 2.75) is 63.4 Å². The summed E-state index contributed by atoms with van der Waals surface area (Å²) in [7, 11) is 0. The van der Waals surface area contributed by atoms with Crippen LogP contribution in [0.4, 0.5) is 0 Å². The molecular formula is C16H26O3S. The van der Waals surface area contributed by atoms with Crippen LogP contribution in [-0.2, 0) is 14.3 Å². The van der Waals surface area contributed by atoms with Crippen molar-refractivity contribution in [3.63, 3.8) is 0 Å². The third kappa shape index (κ3) is 4.90. The topological polar surface area (TPSA) is 35.5 Å². The smallest absolute Gasteiger partial charge is 0.159 e. The average Bonchev–Trinajstić information content (AvgIpc) is 2.94. The average molecular weight is 298 g/mol. The van der Waals surface area contributed by atoms with Gasteiger partial charge in [0.2, 0.25) is 0 Å². The van der Waals surface area contributed by atoms with E-state index in [2.05, 4.69) is 13.0 Å². The van der Waals surface area contributed by atoms with Gasteiger partial charge in [-0.25, -0.2) is 0 Å². The van der Waals surface area contributed by atoms with Gasteiger partial charge in [-0.3, -0.25) is 4.79 Å². The third-order valence-corrected chi connectivity index (χ3v) is 5.04. The lowest BCUT2D eigenvalue weighted by molar-refractivity contribution is -0.116. The van der Waals surface area contributed by atoms with E-state index in [1.54, 1.807) is 0 Å². The summed E-state index contributed by atoms with van der Waals surface area (Å²) >= 11 is 1.91. The zero-order valence-corrected chi connectivity index (χ0v) is 13.3. The minimum atomic E-state index is 0.0161. The Morgan fingerprint density at radius 2 is 2.30 bits per heavy atom. The summed E-state index contributed by atoms with van der Waals surface area (Å²) < 4.78 is 11.1. The highest BCUT2D eigenvalue weighted by Crippen LogP contribution is 2.31. The van der Waals surface area contributed by atoms with Crippen LogP contribution in [0.5, 0.6) is 0 Å². The Kier molecular flexibility index (Phi) is 7.11. The van der Waals surface area contributed by atoms with E-state index in [4.69, 9.17) is 9.47 Å². The molecule has 2 fully saturated rings. The lowest BCUT2D eigenvalue weighted by Crippen LogP contribution is -2.21. The zero-order chi connectivity index (χ0) is 14.2. The maximum atomic E-state index is 12.0. The molecule has 1 saturated carbocycles. The van der Waals surface area contributed by atoms with Gasteiger partial charge in [0.25, 0.3) is 0 Å². The molecule has 1 heterocycles. The van der Waals surface area contributed by atoms with Crippen molar-refractivity contribution in [2.24, 2.45) is 0 Å². The molecule has 0 aromatic rings. The first-order valence-electron chi connectivity index (χ1n) is 7.89. The van der Waals surface area contributed by atoms with E-state index in [-0.39, 0.29) is 6.29 Å². The van der Waals surface area contributed by atoms with Crippen LogP contribution in [0.3, 0.4) is 0 Å². The molecule has 4 heteroatoms. The highest BCUT2D eigenvalue weighted by molar-refractivity contribution is 8.00. The van der Waals surface area contributed by atoms with Crippen molar-refractivity contribution in [3.05, 3.63) is 11.6 Å². The summed E-state index contributed by atoms with van der Waals surface area (Å²) in [5.74, 6) is 1.44. The number of carbonyl (C=O) groups excluding carboxylic acids is 1. The van der Waals surface area contributed by atoms with Crippen LogP contribution in [0.25, 0.3) is 0 Å². The van der Waals surface area contributed by atoms with Crippen molar-refractivity contribution >= 4 is 17.5 Å². The number of unbranched alkanes of at least 4 members (excludes halogenated alkanes) is 1. The fraction of sp³-hybridized carbons (Fsp3) is 0.812. The standard InChI is InChI=1S/C16H26O3S/c1-2-20-15-9-5-8-14(17)13(15)7-3-4-11-18-16-10-6-12-19-16/h7,15-16H,2-6,8-12H2,1H3/b13-7+. The van der Waals surface area contributed by atoms with Crippen LogP contribution >= 0.6 is 11.8 Å². The normalized spacial score (nSPS) is 29.2. The molecule has 2 aliphatic rings. The molecule has 0 aromatic carbocycles. The number of carbonyl (C=O) groups is 1.